The Hall–Kier alpha value is -1.94. The van der Waals surface area contributed by atoms with Gasteiger partial charge in [0.15, 0.2) is 0 Å². The van der Waals surface area contributed by atoms with Gasteiger partial charge in [-0.05, 0) is 70.4 Å². The molecule has 0 aromatic carbocycles. The van der Waals surface area contributed by atoms with Gasteiger partial charge < -0.3 is 9.47 Å². The molecule has 0 saturated heterocycles. The summed E-state index contributed by atoms with van der Waals surface area (Å²) in [5.41, 5.74) is 3.35. The molecule has 0 radical (unpaired) electrons. The van der Waals surface area contributed by atoms with Gasteiger partial charge >= 0.3 is 11.9 Å². The van der Waals surface area contributed by atoms with Crippen molar-refractivity contribution in [3.8, 4) is 0 Å². The quantitative estimate of drug-likeness (QED) is 0.227. The molecule has 28 heavy (non-hydrogen) atoms. The topological polar surface area (TPSA) is 52.6 Å². The summed E-state index contributed by atoms with van der Waals surface area (Å²) in [6.07, 6.45) is 13.9. The van der Waals surface area contributed by atoms with E-state index in [0.717, 1.165) is 12.0 Å². The van der Waals surface area contributed by atoms with Crippen LogP contribution in [-0.4, -0.2) is 24.1 Å². The van der Waals surface area contributed by atoms with E-state index in [1.54, 1.807) is 0 Å². The zero-order chi connectivity index (χ0) is 21.4. The molecule has 0 fully saturated rings. The first-order chi connectivity index (χ1) is 13.0. The third kappa shape index (κ3) is 7.97. The summed E-state index contributed by atoms with van der Waals surface area (Å²) in [5.74, 6) is -1.23. The second-order valence-corrected chi connectivity index (χ2v) is 8.39. The summed E-state index contributed by atoms with van der Waals surface area (Å²) >= 11 is 0. The van der Waals surface area contributed by atoms with Crippen LogP contribution < -0.4 is 0 Å². The monoisotopic (exact) mass is 388 g/mol. The Balaban J connectivity index is 2.90. The molecular weight excluding hydrogens is 352 g/mol. The van der Waals surface area contributed by atoms with Crippen LogP contribution in [-0.2, 0) is 19.1 Å². The molecule has 0 bridgehead atoms. The van der Waals surface area contributed by atoms with E-state index in [1.807, 2.05) is 32.9 Å². The molecule has 1 aliphatic rings. The Labute approximate surface area is 170 Å². The van der Waals surface area contributed by atoms with Gasteiger partial charge in [-0.2, -0.15) is 0 Å². The van der Waals surface area contributed by atoms with Crippen LogP contribution in [0.4, 0.5) is 0 Å². The first kappa shape index (κ1) is 24.1. The summed E-state index contributed by atoms with van der Waals surface area (Å²) in [4.78, 5) is 22.3. The van der Waals surface area contributed by atoms with Crippen LogP contribution in [0.5, 0.6) is 0 Å². The predicted molar refractivity (Wildman–Crippen MR) is 114 cm³/mol. The summed E-state index contributed by atoms with van der Waals surface area (Å²) in [6, 6.07) is 0. The van der Waals surface area contributed by atoms with Crippen molar-refractivity contribution in [2.75, 3.05) is 6.61 Å². The number of esters is 2. The third-order valence-electron chi connectivity index (χ3n) is 5.08. The van der Waals surface area contributed by atoms with Crippen molar-refractivity contribution in [3.63, 3.8) is 0 Å². The van der Waals surface area contributed by atoms with Crippen LogP contribution >= 0.6 is 0 Å². The highest BCUT2D eigenvalue weighted by Crippen LogP contribution is 2.41. The van der Waals surface area contributed by atoms with Crippen LogP contribution in [0.25, 0.3) is 0 Å². The van der Waals surface area contributed by atoms with Crippen molar-refractivity contribution < 1.29 is 19.1 Å². The van der Waals surface area contributed by atoms with E-state index < -0.39 is 17.5 Å². The van der Waals surface area contributed by atoms with E-state index in [0.29, 0.717) is 13.0 Å². The minimum absolute atomic E-state index is 0.187. The first-order valence-electron chi connectivity index (χ1n) is 10.1. The number of hydrogen-bond donors (Lipinski definition) is 0. The smallest absolute Gasteiger partial charge is 0.338 e. The SMILES string of the molecule is CCOC(C)(/C=C/C/C(C)=C/C(=O)OC(C)=O)/C=C/C1=C(C)CCCC1(C)C. The van der Waals surface area contributed by atoms with Gasteiger partial charge in [0, 0.05) is 19.6 Å². The van der Waals surface area contributed by atoms with Gasteiger partial charge in [-0.15, -0.1) is 0 Å². The number of rotatable bonds is 8. The maximum Gasteiger partial charge on any atom is 0.338 e. The Morgan fingerprint density at radius 1 is 1.21 bits per heavy atom. The molecule has 1 aliphatic carbocycles. The molecule has 0 aliphatic heterocycles. The molecular formula is C24H36O4. The molecule has 0 N–H and O–H groups in total. The van der Waals surface area contributed by atoms with E-state index in [4.69, 9.17) is 4.74 Å². The molecule has 4 heteroatoms. The Bertz CT molecular complexity index is 691. The highest BCUT2D eigenvalue weighted by Gasteiger charge is 2.27. The van der Waals surface area contributed by atoms with E-state index in [2.05, 4.69) is 37.7 Å². The van der Waals surface area contributed by atoms with E-state index in [-0.39, 0.29) is 5.41 Å². The van der Waals surface area contributed by atoms with Crippen molar-refractivity contribution in [3.05, 3.63) is 47.1 Å². The largest absolute Gasteiger partial charge is 0.390 e. The van der Waals surface area contributed by atoms with E-state index in [1.165, 1.54) is 37.0 Å². The normalized spacial score (nSPS) is 19.9. The average Bonchev–Trinajstić information content (AvgIpc) is 2.53. The lowest BCUT2D eigenvalue weighted by atomic mass is 9.72. The van der Waals surface area contributed by atoms with Crippen molar-refractivity contribution >= 4 is 11.9 Å². The third-order valence-corrected chi connectivity index (χ3v) is 5.08. The summed E-state index contributed by atoms with van der Waals surface area (Å²) in [6.45, 7) is 14.5. The van der Waals surface area contributed by atoms with Crippen molar-refractivity contribution in [2.45, 2.75) is 79.8 Å². The molecule has 4 nitrogen and oxygen atoms in total. The summed E-state index contributed by atoms with van der Waals surface area (Å²) in [5, 5.41) is 0. The molecule has 1 atom stereocenters. The minimum atomic E-state index is -0.632. The summed E-state index contributed by atoms with van der Waals surface area (Å²) in [7, 11) is 0. The van der Waals surface area contributed by atoms with Crippen LogP contribution in [0, 0.1) is 5.41 Å². The molecule has 0 saturated carbocycles. The van der Waals surface area contributed by atoms with Gasteiger partial charge in [0.2, 0.25) is 0 Å². The zero-order valence-electron chi connectivity index (χ0n) is 18.6. The maximum absolute atomic E-state index is 11.5. The van der Waals surface area contributed by atoms with Gasteiger partial charge in [0.1, 0.15) is 5.60 Å². The Kier molecular flexibility index (Phi) is 9.09. The number of hydrogen-bond acceptors (Lipinski definition) is 4. The van der Waals surface area contributed by atoms with Gasteiger partial charge in [-0.3, -0.25) is 4.79 Å². The minimum Gasteiger partial charge on any atom is -0.390 e. The van der Waals surface area contributed by atoms with Crippen molar-refractivity contribution in [2.24, 2.45) is 5.41 Å². The second-order valence-electron chi connectivity index (χ2n) is 8.39. The van der Waals surface area contributed by atoms with Crippen molar-refractivity contribution in [1.82, 2.24) is 0 Å². The van der Waals surface area contributed by atoms with Crippen LogP contribution in [0.15, 0.2) is 47.1 Å². The first-order valence-corrected chi connectivity index (χ1v) is 10.1. The highest BCUT2D eigenvalue weighted by molar-refractivity contribution is 5.91. The molecule has 1 rings (SSSR count). The number of carbonyl (C=O) groups is 2. The fraction of sp³-hybridized carbons (Fsp3) is 0.583. The molecule has 0 heterocycles. The molecule has 0 spiro atoms. The number of ether oxygens (including phenoxy) is 2. The van der Waals surface area contributed by atoms with Crippen LogP contribution in [0.2, 0.25) is 0 Å². The van der Waals surface area contributed by atoms with E-state index in [9.17, 15) is 9.59 Å². The van der Waals surface area contributed by atoms with Gasteiger partial charge in [0.05, 0.1) is 0 Å². The van der Waals surface area contributed by atoms with Gasteiger partial charge in [-0.1, -0.05) is 43.2 Å². The molecule has 1 unspecified atom stereocenters. The average molecular weight is 389 g/mol. The van der Waals surface area contributed by atoms with Crippen LogP contribution in [0.1, 0.15) is 74.1 Å². The lowest BCUT2D eigenvalue weighted by molar-refractivity contribution is -0.154. The molecule has 0 aromatic rings. The van der Waals surface area contributed by atoms with E-state index >= 15 is 0 Å². The summed E-state index contributed by atoms with van der Waals surface area (Å²) < 4.78 is 10.5. The predicted octanol–water partition coefficient (Wildman–Crippen LogP) is 5.85. The zero-order valence-corrected chi connectivity index (χ0v) is 18.6. The highest BCUT2D eigenvalue weighted by atomic mass is 16.6. The molecule has 0 amide bonds. The molecule has 156 valence electrons. The molecule has 0 aromatic heterocycles. The lowest BCUT2D eigenvalue weighted by Gasteiger charge is -2.33. The number of carbonyl (C=O) groups excluding carboxylic acids is 2. The van der Waals surface area contributed by atoms with Gasteiger partial charge in [0.25, 0.3) is 0 Å². The second kappa shape index (κ2) is 10.6. The lowest BCUT2D eigenvalue weighted by Crippen LogP contribution is -2.24. The Morgan fingerprint density at radius 2 is 1.89 bits per heavy atom. The van der Waals surface area contributed by atoms with Crippen LogP contribution in [0.3, 0.4) is 0 Å². The van der Waals surface area contributed by atoms with Gasteiger partial charge in [-0.25, -0.2) is 4.79 Å². The number of allylic oxidation sites excluding steroid dienone is 5. The Morgan fingerprint density at radius 3 is 2.46 bits per heavy atom. The standard InChI is InChI=1S/C24H36O4/c1-8-27-24(7,15-9-11-18(2)17-22(26)28-20(4)25)16-13-21-19(3)12-10-14-23(21,5)6/h9,13,15-17H,8,10-12,14H2,1-7H3/b15-9+,16-13+,18-17+. The fourth-order valence-electron chi connectivity index (χ4n) is 3.63. The fourth-order valence-corrected chi connectivity index (χ4v) is 3.63. The maximum atomic E-state index is 11.5. The van der Waals surface area contributed by atoms with Crippen molar-refractivity contribution in [1.29, 1.82) is 0 Å².